The highest BCUT2D eigenvalue weighted by Crippen LogP contribution is 2.31. The van der Waals surface area contributed by atoms with E-state index in [1.54, 1.807) is 0 Å². The number of rotatable bonds is 4. The predicted molar refractivity (Wildman–Crippen MR) is 121 cm³/mol. The number of aromatic nitrogens is 4. The Kier molecular flexibility index (Phi) is 4.52. The van der Waals surface area contributed by atoms with Crippen LogP contribution in [-0.4, -0.2) is 38.6 Å². The van der Waals surface area contributed by atoms with Crippen molar-refractivity contribution < 1.29 is 0 Å². The number of benzene rings is 2. The molecule has 0 saturated heterocycles. The first kappa shape index (κ1) is 18.5. The van der Waals surface area contributed by atoms with E-state index in [2.05, 4.69) is 78.5 Å². The Hall–Kier alpha value is -3.57. The van der Waals surface area contributed by atoms with Crippen LogP contribution in [0.15, 0.2) is 73.3 Å². The van der Waals surface area contributed by atoms with Gasteiger partial charge in [0.15, 0.2) is 5.65 Å². The van der Waals surface area contributed by atoms with E-state index in [0.717, 1.165) is 45.3 Å². The number of pyridine rings is 1. The maximum atomic E-state index is 4.75. The Morgan fingerprint density at radius 3 is 2.50 bits per heavy atom. The van der Waals surface area contributed by atoms with Gasteiger partial charge < -0.3 is 4.90 Å². The highest BCUT2D eigenvalue weighted by Gasteiger charge is 2.13. The van der Waals surface area contributed by atoms with E-state index in [9.17, 15) is 0 Å². The molecule has 3 aromatic heterocycles. The largest absolute Gasteiger partial charge is 0.305 e. The van der Waals surface area contributed by atoms with E-state index in [0.29, 0.717) is 0 Å². The van der Waals surface area contributed by atoms with Gasteiger partial charge in [0.25, 0.3) is 0 Å². The van der Waals surface area contributed by atoms with Crippen molar-refractivity contribution in [1.29, 1.82) is 0 Å². The molecule has 0 fully saturated rings. The Labute approximate surface area is 175 Å². The van der Waals surface area contributed by atoms with Crippen molar-refractivity contribution in [3.05, 3.63) is 84.4 Å². The topological polar surface area (TPSA) is 46.3 Å². The molecule has 5 heteroatoms. The molecule has 3 heterocycles. The molecule has 148 valence electrons. The van der Waals surface area contributed by atoms with Crippen LogP contribution in [0.25, 0.3) is 38.8 Å². The van der Waals surface area contributed by atoms with Gasteiger partial charge in [-0.25, -0.2) is 9.50 Å². The lowest BCUT2D eigenvalue weighted by atomic mass is 10.0. The molecule has 0 spiro atoms. The fourth-order valence-corrected chi connectivity index (χ4v) is 3.85. The summed E-state index contributed by atoms with van der Waals surface area (Å²) in [5.74, 6) is 0. The summed E-state index contributed by atoms with van der Waals surface area (Å²) in [6.07, 6.45) is 7.71. The first-order valence-electron chi connectivity index (χ1n) is 10.0. The molecule has 0 atom stereocenters. The number of hydrogen-bond acceptors (Lipinski definition) is 4. The van der Waals surface area contributed by atoms with Crippen LogP contribution in [0.1, 0.15) is 11.1 Å². The molecule has 0 bridgehead atoms. The molecule has 0 radical (unpaired) electrons. The average Bonchev–Trinajstić information content (AvgIpc) is 3.16. The van der Waals surface area contributed by atoms with Crippen molar-refractivity contribution in [2.75, 3.05) is 14.1 Å². The highest BCUT2D eigenvalue weighted by molar-refractivity contribution is 5.97. The molecule has 0 unspecified atom stereocenters. The van der Waals surface area contributed by atoms with E-state index in [-0.39, 0.29) is 0 Å². The maximum Gasteiger partial charge on any atom is 0.162 e. The van der Waals surface area contributed by atoms with E-state index in [1.807, 2.05) is 35.4 Å². The van der Waals surface area contributed by atoms with E-state index in [4.69, 9.17) is 4.98 Å². The van der Waals surface area contributed by atoms with Gasteiger partial charge in [-0.05, 0) is 49.8 Å². The number of hydrogen-bond donors (Lipinski definition) is 0. The minimum Gasteiger partial charge on any atom is -0.305 e. The quantitative estimate of drug-likeness (QED) is 0.432. The summed E-state index contributed by atoms with van der Waals surface area (Å²) in [5, 5.41) is 5.70. The first-order valence-corrected chi connectivity index (χ1v) is 10.0. The SMILES string of the molecule is Cc1ccc(-c2cnc3c(-c4ccnc5cc(CN(C)C)ccc45)cnn3c2)cc1. The molecule has 5 aromatic rings. The Morgan fingerprint density at radius 2 is 1.70 bits per heavy atom. The number of nitrogens with zero attached hydrogens (tertiary/aromatic N) is 5. The zero-order chi connectivity index (χ0) is 20.7. The smallest absolute Gasteiger partial charge is 0.162 e. The molecule has 0 aliphatic carbocycles. The molecule has 0 aliphatic rings. The van der Waals surface area contributed by atoms with Crippen molar-refractivity contribution in [3.8, 4) is 22.3 Å². The van der Waals surface area contributed by atoms with Gasteiger partial charge in [-0.2, -0.15) is 5.10 Å². The Balaban J connectivity index is 1.59. The van der Waals surface area contributed by atoms with E-state index >= 15 is 0 Å². The van der Waals surface area contributed by atoms with Crippen LogP contribution in [0, 0.1) is 6.92 Å². The third-order valence-corrected chi connectivity index (χ3v) is 5.34. The van der Waals surface area contributed by atoms with Crippen LogP contribution in [0.5, 0.6) is 0 Å². The van der Waals surface area contributed by atoms with Gasteiger partial charge in [0.1, 0.15) is 0 Å². The van der Waals surface area contributed by atoms with E-state index in [1.165, 1.54) is 11.1 Å². The number of fused-ring (bicyclic) bond motifs is 2. The summed E-state index contributed by atoms with van der Waals surface area (Å²) in [4.78, 5) is 11.5. The van der Waals surface area contributed by atoms with Crippen molar-refractivity contribution in [2.45, 2.75) is 13.5 Å². The second-order valence-corrected chi connectivity index (χ2v) is 7.98. The summed E-state index contributed by atoms with van der Waals surface area (Å²) >= 11 is 0. The normalized spacial score (nSPS) is 11.6. The van der Waals surface area contributed by atoms with Gasteiger partial charge in [-0.1, -0.05) is 42.0 Å². The van der Waals surface area contributed by atoms with Crippen LogP contribution < -0.4 is 0 Å². The third-order valence-electron chi connectivity index (χ3n) is 5.34. The molecule has 5 rings (SSSR count). The molecule has 0 N–H and O–H groups in total. The lowest BCUT2D eigenvalue weighted by Crippen LogP contribution is -2.10. The van der Waals surface area contributed by atoms with E-state index < -0.39 is 0 Å². The summed E-state index contributed by atoms with van der Waals surface area (Å²) in [7, 11) is 4.15. The molecule has 30 heavy (non-hydrogen) atoms. The molecule has 2 aromatic carbocycles. The highest BCUT2D eigenvalue weighted by atomic mass is 15.2. The average molecular weight is 393 g/mol. The third kappa shape index (κ3) is 3.33. The summed E-state index contributed by atoms with van der Waals surface area (Å²) in [6.45, 7) is 2.98. The second-order valence-electron chi connectivity index (χ2n) is 7.98. The zero-order valence-corrected chi connectivity index (χ0v) is 17.4. The van der Waals surface area contributed by atoms with Crippen molar-refractivity contribution in [3.63, 3.8) is 0 Å². The van der Waals surface area contributed by atoms with Crippen molar-refractivity contribution in [1.82, 2.24) is 24.5 Å². The molecular weight excluding hydrogens is 370 g/mol. The summed E-state index contributed by atoms with van der Waals surface area (Å²) in [5.41, 5.74) is 8.61. The minimum absolute atomic E-state index is 0.843. The number of aryl methyl sites for hydroxylation is 1. The molecular formula is C25H23N5. The molecule has 5 nitrogen and oxygen atoms in total. The van der Waals surface area contributed by atoms with Gasteiger partial charge in [-0.3, -0.25) is 4.98 Å². The molecule has 0 amide bonds. The molecule has 0 aliphatic heterocycles. The van der Waals surface area contributed by atoms with Crippen LogP contribution in [0.4, 0.5) is 0 Å². The fraction of sp³-hybridized carbons (Fsp3) is 0.160. The first-order chi connectivity index (χ1) is 14.6. The van der Waals surface area contributed by atoms with Gasteiger partial charge >= 0.3 is 0 Å². The van der Waals surface area contributed by atoms with Crippen molar-refractivity contribution >= 4 is 16.6 Å². The van der Waals surface area contributed by atoms with Crippen LogP contribution in [0.3, 0.4) is 0 Å². The summed E-state index contributed by atoms with van der Waals surface area (Å²) < 4.78 is 1.86. The van der Waals surface area contributed by atoms with Gasteiger partial charge in [0, 0.05) is 41.6 Å². The van der Waals surface area contributed by atoms with Gasteiger partial charge in [-0.15, -0.1) is 0 Å². The predicted octanol–water partition coefficient (Wildman–Crippen LogP) is 4.98. The fourth-order valence-electron chi connectivity index (χ4n) is 3.85. The Bertz CT molecular complexity index is 1350. The Morgan fingerprint density at radius 1 is 0.867 bits per heavy atom. The lowest BCUT2D eigenvalue weighted by Gasteiger charge is -2.11. The van der Waals surface area contributed by atoms with Gasteiger partial charge in [0.2, 0.25) is 0 Å². The maximum absolute atomic E-state index is 4.75. The summed E-state index contributed by atoms with van der Waals surface area (Å²) in [6, 6.07) is 17.0. The lowest BCUT2D eigenvalue weighted by molar-refractivity contribution is 0.402. The minimum atomic E-state index is 0.843. The van der Waals surface area contributed by atoms with Gasteiger partial charge in [0.05, 0.1) is 11.7 Å². The monoisotopic (exact) mass is 393 g/mol. The second kappa shape index (κ2) is 7.35. The van der Waals surface area contributed by atoms with Crippen molar-refractivity contribution in [2.24, 2.45) is 0 Å². The van der Waals surface area contributed by atoms with Crippen LogP contribution in [-0.2, 0) is 6.54 Å². The standard InChI is InChI=1S/C25H23N5/c1-17-4-7-19(8-5-17)20-13-27-25-23(14-28-30(25)16-20)21-10-11-26-24-12-18(15-29(2)3)6-9-22(21)24/h4-14,16H,15H2,1-3H3. The zero-order valence-electron chi connectivity index (χ0n) is 17.4. The molecule has 0 saturated carbocycles. The van der Waals surface area contributed by atoms with Crippen LogP contribution >= 0.6 is 0 Å². The van der Waals surface area contributed by atoms with Crippen LogP contribution in [0.2, 0.25) is 0 Å².